The third-order valence-electron chi connectivity index (χ3n) is 4.93. The molecule has 0 aliphatic carbocycles. The molecule has 0 spiro atoms. The fraction of sp³-hybridized carbons (Fsp3) is 0.350. The van der Waals surface area contributed by atoms with E-state index in [1.807, 2.05) is 29.2 Å². The zero-order valence-electron chi connectivity index (χ0n) is 14.9. The summed E-state index contributed by atoms with van der Waals surface area (Å²) in [6, 6.07) is 7.55. The molecule has 1 saturated heterocycles. The molecule has 0 radical (unpaired) electrons. The van der Waals surface area contributed by atoms with Crippen molar-refractivity contribution < 1.29 is 9.53 Å². The van der Waals surface area contributed by atoms with Crippen LogP contribution in [0.25, 0.3) is 22.2 Å². The molecule has 1 aromatic carbocycles. The van der Waals surface area contributed by atoms with E-state index in [0.29, 0.717) is 5.56 Å². The molecular formula is C20H22N4O2. The number of carbonyl (C=O) groups is 1. The van der Waals surface area contributed by atoms with Gasteiger partial charge in [-0.15, -0.1) is 0 Å². The molecule has 0 unspecified atom stereocenters. The summed E-state index contributed by atoms with van der Waals surface area (Å²) in [6.45, 7) is 1.64. The van der Waals surface area contributed by atoms with E-state index >= 15 is 0 Å². The molecule has 0 atom stereocenters. The molecule has 4 rings (SSSR count). The lowest BCUT2D eigenvalue weighted by Crippen LogP contribution is -2.32. The standard InChI is InChI=1S/C20H22N4O2/c1-26-15-6-7-16-17(20(25)24-8-4-2-3-5-9-24)11-18(23-19(16)10-15)14-12-21-22-13-14/h6-7,10-13H,2-5,8-9H2,1H3,(H,21,22). The highest BCUT2D eigenvalue weighted by Crippen LogP contribution is 2.28. The van der Waals surface area contributed by atoms with Gasteiger partial charge in [0.2, 0.25) is 0 Å². The highest BCUT2D eigenvalue weighted by Gasteiger charge is 2.21. The van der Waals surface area contributed by atoms with E-state index in [-0.39, 0.29) is 5.91 Å². The first-order chi connectivity index (χ1) is 12.8. The van der Waals surface area contributed by atoms with Crippen LogP contribution < -0.4 is 4.74 Å². The first-order valence-corrected chi connectivity index (χ1v) is 9.03. The molecule has 134 valence electrons. The molecule has 0 saturated carbocycles. The van der Waals surface area contributed by atoms with Crippen LogP contribution in [0.15, 0.2) is 36.7 Å². The van der Waals surface area contributed by atoms with Crippen molar-refractivity contribution in [2.75, 3.05) is 20.2 Å². The molecule has 3 heterocycles. The summed E-state index contributed by atoms with van der Waals surface area (Å²) in [5.41, 5.74) is 3.04. The van der Waals surface area contributed by atoms with Gasteiger partial charge < -0.3 is 9.64 Å². The number of hydrogen-bond acceptors (Lipinski definition) is 4. The molecule has 1 N–H and O–H groups in total. The maximum Gasteiger partial charge on any atom is 0.254 e. The Balaban J connectivity index is 1.84. The van der Waals surface area contributed by atoms with E-state index in [0.717, 1.165) is 53.8 Å². The largest absolute Gasteiger partial charge is 0.497 e. The topological polar surface area (TPSA) is 71.1 Å². The van der Waals surface area contributed by atoms with Crippen molar-refractivity contribution in [2.45, 2.75) is 25.7 Å². The number of nitrogens with one attached hydrogen (secondary N) is 1. The lowest BCUT2D eigenvalue weighted by atomic mass is 10.0. The molecule has 26 heavy (non-hydrogen) atoms. The molecule has 1 amide bonds. The van der Waals surface area contributed by atoms with Crippen LogP contribution in [0, 0.1) is 0 Å². The number of pyridine rings is 1. The molecule has 6 heteroatoms. The monoisotopic (exact) mass is 350 g/mol. The molecule has 3 aromatic rings. The minimum atomic E-state index is 0.0780. The van der Waals surface area contributed by atoms with Crippen LogP contribution in [-0.4, -0.2) is 46.2 Å². The van der Waals surface area contributed by atoms with Gasteiger partial charge in [0.05, 0.1) is 30.1 Å². The number of H-pyrrole nitrogens is 1. The predicted octanol–water partition coefficient (Wildman–Crippen LogP) is 3.65. The van der Waals surface area contributed by atoms with E-state index in [2.05, 4.69) is 10.2 Å². The lowest BCUT2D eigenvalue weighted by molar-refractivity contribution is 0.0763. The fourth-order valence-corrected chi connectivity index (χ4v) is 3.50. The van der Waals surface area contributed by atoms with E-state index in [4.69, 9.17) is 9.72 Å². The molecule has 2 aromatic heterocycles. The Morgan fingerprint density at radius 2 is 1.96 bits per heavy atom. The van der Waals surface area contributed by atoms with Crippen molar-refractivity contribution in [3.05, 3.63) is 42.2 Å². The minimum Gasteiger partial charge on any atom is -0.497 e. The first-order valence-electron chi connectivity index (χ1n) is 9.03. The number of hydrogen-bond donors (Lipinski definition) is 1. The SMILES string of the molecule is COc1ccc2c(C(=O)N3CCCCCC3)cc(-c3cn[nH]c3)nc2c1. The summed E-state index contributed by atoms with van der Waals surface area (Å²) in [5, 5.41) is 7.67. The summed E-state index contributed by atoms with van der Waals surface area (Å²) in [6.07, 6.45) is 8.02. The second kappa shape index (κ2) is 7.15. The molecular weight excluding hydrogens is 328 g/mol. The van der Waals surface area contributed by atoms with E-state index in [9.17, 15) is 4.79 Å². The van der Waals surface area contributed by atoms with Gasteiger partial charge in [0.15, 0.2) is 0 Å². The third-order valence-corrected chi connectivity index (χ3v) is 4.93. The van der Waals surface area contributed by atoms with Gasteiger partial charge in [0, 0.05) is 36.3 Å². The third kappa shape index (κ3) is 3.14. The number of aromatic amines is 1. The van der Waals surface area contributed by atoms with Crippen molar-refractivity contribution in [2.24, 2.45) is 0 Å². The van der Waals surface area contributed by atoms with Gasteiger partial charge in [-0.05, 0) is 31.0 Å². The van der Waals surface area contributed by atoms with E-state index < -0.39 is 0 Å². The van der Waals surface area contributed by atoms with Gasteiger partial charge in [-0.3, -0.25) is 9.89 Å². The Hall–Kier alpha value is -2.89. The first kappa shape index (κ1) is 16.6. The second-order valence-corrected chi connectivity index (χ2v) is 6.63. The number of likely N-dealkylation sites (tertiary alicyclic amines) is 1. The average Bonchev–Trinajstić information content (AvgIpc) is 3.08. The van der Waals surface area contributed by atoms with Gasteiger partial charge in [0.1, 0.15) is 5.75 Å². The summed E-state index contributed by atoms with van der Waals surface area (Å²) < 4.78 is 5.33. The Bertz CT molecular complexity index is 913. The van der Waals surface area contributed by atoms with Crippen LogP contribution in [-0.2, 0) is 0 Å². The number of amides is 1. The number of nitrogens with zero attached hydrogens (tertiary/aromatic N) is 3. The van der Waals surface area contributed by atoms with Gasteiger partial charge >= 0.3 is 0 Å². The fourth-order valence-electron chi connectivity index (χ4n) is 3.50. The predicted molar refractivity (Wildman–Crippen MR) is 100 cm³/mol. The van der Waals surface area contributed by atoms with Crippen LogP contribution in [0.2, 0.25) is 0 Å². The van der Waals surface area contributed by atoms with Crippen molar-refractivity contribution in [3.63, 3.8) is 0 Å². The number of aromatic nitrogens is 3. The molecule has 1 aliphatic rings. The van der Waals surface area contributed by atoms with Crippen LogP contribution in [0.1, 0.15) is 36.0 Å². The molecule has 1 aliphatic heterocycles. The Kier molecular flexibility index (Phi) is 4.56. The van der Waals surface area contributed by atoms with E-state index in [1.165, 1.54) is 12.8 Å². The van der Waals surface area contributed by atoms with Gasteiger partial charge in [-0.1, -0.05) is 12.8 Å². The molecule has 6 nitrogen and oxygen atoms in total. The normalized spacial score (nSPS) is 15.0. The summed E-state index contributed by atoms with van der Waals surface area (Å²) in [5.74, 6) is 0.803. The number of ether oxygens (including phenoxy) is 1. The Morgan fingerprint density at radius 3 is 2.65 bits per heavy atom. The minimum absolute atomic E-state index is 0.0780. The average molecular weight is 350 g/mol. The smallest absolute Gasteiger partial charge is 0.254 e. The zero-order chi connectivity index (χ0) is 17.9. The number of methoxy groups -OCH3 is 1. The Labute approximate surface area is 152 Å². The highest BCUT2D eigenvalue weighted by atomic mass is 16.5. The number of carbonyl (C=O) groups excluding carboxylic acids is 1. The van der Waals surface area contributed by atoms with Crippen molar-refractivity contribution in [1.82, 2.24) is 20.1 Å². The van der Waals surface area contributed by atoms with Gasteiger partial charge in [0.25, 0.3) is 5.91 Å². The Morgan fingerprint density at radius 1 is 1.15 bits per heavy atom. The maximum absolute atomic E-state index is 13.3. The second-order valence-electron chi connectivity index (χ2n) is 6.63. The van der Waals surface area contributed by atoms with Crippen LogP contribution in [0.4, 0.5) is 0 Å². The number of benzene rings is 1. The van der Waals surface area contributed by atoms with E-state index in [1.54, 1.807) is 19.5 Å². The summed E-state index contributed by atoms with van der Waals surface area (Å²) in [7, 11) is 1.63. The number of rotatable bonds is 3. The number of fused-ring (bicyclic) bond motifs is 1. The zero-order valence-corrected chi connectivity index (χ0v) is 14.9. The highest BCUT2D eigenvalue weighted by molar-refractivity contribution is 6.07. The van der Waals surface area contributed by atoms with Crippen LogP contribution in [0.5, 0.6) is 5.75 Å². The van der Waals surface area contributed by atoms with Crippen molar-refractivity contribution >= 4 is 16.8 Å². The molecule has 0 bridgehead atoms. The van der Waals surface area contributed by atoms with Crippen LogP contribution in [0.3, 0.4) is 0 Å². The van der Waals surface area contributed by atoms with Crippen molar-refractivity contribution in [3.8, 4) is 17.0 Å². The maximum atomic E-state index is 13.3. The molecule has 1 fully saturated rings. The van der Waals surface area contributed by atoms with Gasteiger partial charge in [-0.2, -0.15) is 5.10 Å². The van der Waals surface area contributed by atoms with Crippen LogP contribution >= 0.6 is 0 Å². The quantitative estimate of drug-likeness (QED) is 0.783. The lowest BCUT2D eigenvalue weighted by Gasteiger charge is -2.21. The summed E-state index contributed by atoms with van der Waals surface area (Å²) in [4.78, 5) is 20.0. The van der Waals surface area contributed by atoms with Gasteiger partial charge in [-0.25, -0.2) is 4.98 Å². The summed E-state index contributed by atoms with van der Waals surface area (Å²) >= 11 is 0. The van der Waals surface area contributed by atoms with Crippen molar-refractivity contribution in [1.29, 1.82) is 0 Å².